The van der Waals surface area contributed by atoms with Crippen LogP contribution in [-0.2, 0) is 0 Å². The van der Waals surface area contributed by atoms with E-state index < -0.39 is 4.92 Å². The molecule has 18 heavy (non-hydrogen) atoms. The monoisotopic (exact) mass is 330 g/mol. The molecule has 0 aliphatic heterocycles. The predicted octanol–water partition coefficient (Wildman–Crippen LogP) is 3.61. The van der Waals surface area contributed by atoms with Gasteiger partial charge in [-0.15, -0.1) is 0 Å². The van der Waals surface area contributed by atoms with Crippen LogP contribution in [0.1, 0.15) is 0 Å². The number of rotatable bonds is 4. The summed E-state index contributed by atoms with van der Waals surface area (Å²) in [6, 6.07) is 4.37. The number of methoxy groups -OCH3 is 1. The van der Waals surface area contributed by atoms with Crippen LogP contribution in [0.2, 0.25) is 0 Å². The summed E-state index contributed by atoms with van der Waals surface area (Å²) >= 11 is 4.48. The molecule has 94 valence electrons. The van der Waals surface area contributed by atoms with Gasteiger partial charge in [0.15, 0.2) is 5.75 Å². The van der Waals surface area contributed by atoms with Crippen molar-refractivity contribution in [2.24, 2.45) is 0 Å². The van der Waals surface area contributed by atoms with Gasteiger partial charge in [-0.3, -0.25) is 10.1 Å². The molecule has 0 N–H and O–H groups in total. The Kier molecular flexibility index (Phi) is 3.78. The Hall–Kier alpha value is -1.67. The van der Waals surface area contributed by atoms with Gasteiger partial charge in [0.1, 0.15) is 10.4 Å². The molecular formula is C10H7BrN2O4S. The quantitative estimate of drug-likeness (QED) is 0.632. The number of hydrogen-bond acceptors (Lipinski definition) is 6. The summed E-state index contributed by atoms with van der Waals surface area (Å²) in [7, 11) is 1.38. The maximum atomic E-state index is 10.8. The first-order valence-corrected chi connectivity index (χ1v) is 6.38. The molecule has 0 fully saturated rings. The van der Waals surface area contributed by atoms with Gasteiger partial charge in [-0.2, -0.15) is 4.98 Å². The Morgan fingerprint density at radius 1 is 1.50 bits per heavy atom. The highest BCUT2D eigenvalue weighted by Crippen LogP contribution is 2.34. The lowest BCUT2D eigenvalue weighted by molar-refractivity contribution is -0.385. The van der Waals surface area contributed by atoms with Gasteiger partial charge in [-0.25, -0.2) is 0 Å². The van der Waals surface area contributed by atoms with Crippen LogP contribution >= 0.6 is 27.3 Å². The minimum Gasteiger partial charge on any atom is -0.490 e. The predicted molar refractivity (Wildman–Crippen MR) is 69.5 cm³/mol. The second-order valence-electron chi connectivity index (χ2n) is 3.13. The lowest BCUT2D eigenvalue weighted by Gasteiger charge is -2.04. The largest absolute Gasteiger partial charge is 0.490 e. The normalized spacial score (nSPS) is 10.1. The molecule has 0 aliphatic carbocycles. The summed E-state index contributed by atoms with van der Waals surface area (Å²) in [5.41, 5.74) is -0.148. The fraction of sp³-hybridized carbons (Fsp3) is 0.100. The number of halogens is 1. The molecule has 0 amide bonds. The molecular weight excluding hydrogens is 324 g/mol. The smallest absolute Gasteiger partial charge is 0.314 e. The number of ether oxygens (including phenoxy) is 2. The standard InChI is InChI=1S/C10H7BrN2O4S/c1-16-8-3-2-6(4-7(8)13(14)15)17-10-12-9(11)5-18-10/h2-5H,1H3. The van der Waals surface area contributed by atoms with Crippen molar-refractivity contribution in [3.05, 3.63) is 38.3 Å². The van der Waals surface area contributed by atoms with E-state index >= 15 is 0 Å². The molecule has 1 aromatic heterocycles. The van der Waals surface area contributed by atoms with Gasteiger partial charge in [0, 0.05) is 5.38 Å². The third-order valence-electron chi connectivity index (χ3n) is 2.01. The van der Waals surface area contributed by atoms with Gasteiger partial charge in [-0.1, -0.05) is 11.3 Å². The van der Waals surface area contributed by atoms with E-state index in [0.29, 0.717) is 15.5 Å². The van der Waals surface area contributed by atoms with E-state index in [-0.39, 0.29) is 11.4 Å². The third-order valence-corrected chi connectivity index (χ3v) is 3.43. The molecule has 8 heteroatoms. The Bertz CT molecular complexity index is 587. The minimum absolute atomic E-state index is 0.148. The lowest BCUT2D eigenvalue weighted by atomic mass is 10.3. The average Bonchev–Trinajstić information content (AvgIpc) is 2.74. The highest BCUT2D eigenvalue weighted by molar-refractivity contribution is 9.10. The molecule has 1 aromatic carbocycles. The number of hydrogen-bond donors (Lipinski definition) is 0. The second-order valence-corrected chi connectivity index (χ2v) is 4.76. The first kappa shape index (κ1) is 12.8. The zero-order chi connectivity index (χ0) is 13.1. The molecule has 6 nitrogen and oxygen atoms in total. The maximum Gasteiger partial charge on any atom is 0.314 e. The van der Waals surface area contributed by atoms with Gasteiger partial charge in [0.05, 0.1) is 18.1 Å². The molecule has 0 bridgehead atoms. The first-order chi connectivity index (χ1) is 8.60. The topological polar surface area (TPSA) is 74.5 Å². The Labute approximate surface area is 114 Å². The maximum absolute atomic E-state index is 10.8. The van der Waals surface area contributed by atoms with E-state index in [1.165, 1.54) is 30.6 Å². The van der Waals surface area contributed by atoms with Crippen molar-refractivity contribution in [3.8, 4) is 16.7 Å². The van der Waals surface area contributed by atoms with Crippen molar-refractivity contribution >= 4 is 33.0 Å². The molecule has 0 saturated carbocycles. The van der Waals surface area contributed by atoms with E-state index in [0.717, 1.165) is 0 Å². The summed E-state index contributed by atoms with van der Waals surface area (Å²) in [6.07, 6.45) is 0. The van der Waals surface area contributed by atoms with Gasteiger partial charge in [-0.05, 0) is 28.1 Å². The van der Waals surface area contributed by atoms with Crippen LogP contribution in [0.4, 0.5) is 5.69 Å². The van der Waals surface area contributed by atoms with Crippen LogP contribution in [0.25, 0.3) is 0 Å². The van der Waals surface area contributed by atoms with Crippen molar-refractivity contribution in [3.63, 3.8) is 0 Å². The summed E-state index contributed by atoms with van der Waals surface area (Å²) < 4.78 is 11.0. The van der Waals surface area contributed by atoms with Crippen molar-refractivity contribution in [2.45, 2.75) is 0 Å². The van der Waals surface area contributed by atoms with Crippen molar-refractivity contribution in [1.29, 1.82) is 0 Å². The summed E-state index contributed by atoms with van der Waals surface area (Å²) in [6.45, 7) is 0. The summed E-state index contributed by atoms with van der Waals surface area (Å²) in [5.74, 6) is 0.525. The molecule has 0 unspecified atom stereocenters. The highest BCUT2D eigenvalue weighted by Gasteiger charge is 2.16. The SMILES string of the molecule is COc1ccc(Oc2nc(Br)cs2)cc1[N+](=O)[O-]. The lowest BCUT2D eigenvalue weighted by Crippen LogP contribution is -1.94. The first-order valence-electron chi connectivity index (χ1n) is 4.71. The molecule has 0 radical (unpaired) electrons. The van der Waals surface area contributed by atoms with E-state index in [4.69, 9.17) is 9.47 Å². The van der Waals surface area contributed by atoms with Crippen LogP contribution in [-0.4, -0.2) is 17.0 Å². The molecule has 0 spiro atoms. The molecule has 0 saturated heterocycles. The highest BCUT2D eigenvalue weighted by atomic mass is 79.9. The Morgan fingerprint density at radius 2 is 2.28 bits per heavy atom. The molecule has 2 rings (SSSR count). The van der Waals surface area contributed by atoms with Crippen LogP contribution < -0.4 is 9.47 Å². The van der Waals surface area contributed by atoms with Gasteiger partial charge in [0.25, 0.3) is 5.19 Å². The van der Waals surface area contributed by atoms with Crippen LogP contribution in [0, 0.1) is 10.1 Å². The summed E-state index contributed by atoms with van der Waals surface area (Å²) in [4.78, 5) is 14.3. The summed E-state index contributed by atoms with van der Waals surface area (Å²) in [5, 5.41) is 13.0. The number of aromatic nitrogens is 1. The molecule has 0 aliphatic rings. The molecule has 0 atom stereocenters. The Morgan fingerprint density at radius 3 is 2.83 bits per heavy atom. The number of benzene rings is 1. The van der Waals surface area contributed by atoms with Gasteiger partial charge in [0.2, 0.25) is 0 Å². The zero-order valence-electron chi connectivity index (χ0n) is 9.12. The van der Waals surface area contributed by atoms with Crippen molar-refractivity contribution in [1.82, 2.24) is 4.98 Å². The van der Waals surface area contributed by atoms with E-state index in [2.05, 4.69) is 20.9 Å². The van der Waals surface area contributed by atoms with Crippen molar-refractivity contribution < 1.29 is 14.4 Å². The van der Waals surface area contributed by atoms with E-state index in [1.807, 2.05) is 0 Å². The number of nitro groups is 1. The fourth-order valence-electron chi connectivity index (χ4n) is 1.26. The van der Waals surface area contributed by atoms with Crippen LogP contribution in [0.15, 0.2) is 28.2 Å². The number of nitrogens with zero attached hydrogens (tertiary/aromatic N) is 2. The van der Waals surface area contributed by atoms with Crippen LogP contribution in [0.3, 0.4) is 0 Å². The zero-order valence-corrected chi connectivity index (χ0v) is 11.5. The molecule has 2 aromatic rings. The fourth-order valence-corrected chi connectivity index (χ4v) is 2.37. The van der Waals surface area contributed by atoms with Gasteiger partial charge >= 0.3 is 5.69 Å². The van der Waals surface area contributed by atoms with E-state index in [9.17, 15) is 10.1 Å². The third kappa shape index (κ3) is 2.77. The van der Waals surface area contributed by atoms with Gasteiger partial charge < -0.3 is 9.47 Å². The van der Waals surface area contributed by atoms with Crippen molar-refractivity contribution in [2.75, 3.05) is 7.11 Å². The second kappa shape index (κ2) is 5.32. The Balaban J connectivity index is 2.29. The number of nitro benzene ring substituents is 1. The average molecular weight is 331 g/mol. The molecule has 1 heterocycles. The van der Waals surface area contributed by atoms with Crippen LogP contribution in [0.5, 0.6) is 16.7 Å². The van der Waals surface area contributed by atoms with E-state index in [1.54, 1.807) is 11.4 Å². The number of thiazole rings is 1. The minimum atomic E-state index is -0.524.